The second-order valence-corrected chi connectivity index (χ2v) is 5.91. The maximum atomic E-state index is 12.9. The molecule has 0 fully saturated rings. The number of hydrogen-bond donors (Lipinski definition) is 2. The van der Waals surface area contributed by atoms with Crippen LogP contribution in [-0.2, 0) is 11.3 Å². The summed E-state index contributed by atoms with van der Waals surface area (Å²) < 4.78 is 12.9. The summed E-state index contributed by atoms with van der Waals surface area (Å²) in [5.74, 6) is -1.13. The molecule has 1 atom stereocenters. The Hall–Kier alpha value is -2.69. The number of halogens is 1. The van der Waals surface area contributed by atoms with E-state index in [2.05, 4.69) is 10.6 Å². The maximum Gasteiger partial charge on any atom is 0.251 e. The van der Waals surface area contributed by atoms with Crippen molar-refractivity contribution < 1.29 is 14.0 Å². The fraction of sp³-hybridized carbons (Fsp3) is 0.263. The first-order chi connectivity index (χ1) is 11.5. The molecule has 0 heterocycles. The van der Waals surface area contributed by atoms with Gasteiger partial charge in [0.1, 0.15) is 11.9 Å². The minimum Gasteiger partial charge on any atom is -0.350 e. The summed E-state index contributed by atoms with van der Waals surface area (Å²) in [5.41, 5.74) is 1.30. The molecule has 0 saturated heterocycles. The average molecular weight is 328 g/mol. The van der Waals surface area contributed by atoms with Gasteiger partial charge in [-0.1, -0.05) is 44.2 Å². The zero-order valence-corrected chi connectivity index (χ0v) is 13.8. The van der Waals surface area contributed by atoms with E-state index < -0.39 is 17.8 Å². The van der Waals surface area contributed by atoms with Crippen molar-refractivity contribution in [3.63, 3.8) is 0 Å². The first-order valence-electron chi connectivity index (χ1n) is 7.85. The van der Waals surface area contributed by atoms with Crippen LogP contribution in [0.25, 0.3) is 0 Å². The van der Waals surface area contributed by atoms with Crippen LogP contribution in [0, 0.1) is 11.7 Å². The highest BCUT2D eigenvalue weighted by atomic mass is 19.1. The molecule has 126 valence electrons. The minimum atomic E-state index is -0.661. The average Bonchev–Trinajstić information content (AvgIpc) is 2.58. The smallest absolute Gasteiger partial charge is 0.251 e. The molecule has 2 aromatic carbocycles. The van der Waals surface area contributed by atoms with Crippen molar-refractivity contribution in [1.29, 1.82) is 0 Å². The van der Waals surface area contributed by atoms with E-state index in [9.17, 15) is 14.0 Å². The molecule has 4 nitrogen and oxygen atoms in total. The van der Waals surface area contributed by atoms with E-state index in [1.807, 2.05) is 44.2 Å². The molecule has 0 aliphatic heterocycles. The van der Waals surface area contributed by atoms with Crippen LogP contribution in [0.15, 0.2) is 54.6 Å². The Bertz CT molecular complexity index is 684. The van der Waals surface area contributed by atoms with Crippen LogP contribution in [0.3, 0.4) is 0 Å². The fourth-order valence-corrected chi connectivity index (χ4v) is 2.26. The molecule has 2 amide bonds. The Labute approximate surface area is 141 Å². The molecule has 0 aliphatic rings. The van der Waals surface area contributed by atoms with E-state index in [1.165, 1.54) is 24.3 Å². The van der Waals surface area contributed by atoms with Crippen molar-refractivity contribution in [3.8, 4) is 0 Å². The zero-order valence-electron chi connectivity index (χ0n) is 13.8. The predicted molar refractivity (Wildman–Crippen MR) is 90.8 cm³/mol. The molecule has 24 heavy (non-hydrogen) atoms. The van der Waals surface area contributed by atoms with Crippen LogP contribution >= 0.6 is 0 Å². The molecule has 0 bridgehead atoms. The predicted octanol–water partition coefficient (Wildman–Crippen LogP) is 2.90. The second kappa shape index (κ2) is 8.24. The topological polar surface area (TPSA) is 58.2 Å². The molecule has 2 rings (SSSR count). The van der Waals surface area contributed by atoms with Crippen LogP contribution in [0.2, 0.25) is 0 Å². The number of carbonyl (C=O) groups excluding carboxylic acids is 2. The lowest BCUT2D eigenvalue weighted by molar-refractivity contribution is -0.124. The molecule has 0 aromatic heterocycles. The molecule has 0 spiro atoms. The molecule has 2 N–H and O–H groups in total. The lowest BCUT2D eigenvalue weighted by Crippen LogP contribution is -2.49. The van der Waals surface area contributed by atoms with Gasteiger partial charge in [-0.15, -0.1) is 0 Å². The number of benzene rings is 2. The number of carbonyl (C=O) groups is 2. The molecule has 0 saturated carbocycles. The van der Waals surface area contributed by atoms with Gasteiger partial charge in [-0.3, -0.25) is 9.59 Å². The standard InChI is InChI=1S/C19H21FN2O2/c1-13(2)17(19(24)21-12-14-6-4-3-5-7-14)22-18(23)15-8-10-16(20)11-9-15/h3-11,13,17H,12H2,1-2H3,(H,21,24)(H,22,23)/t17-/m0/s1. The molecule has 0 unspecified atom stereocenters. The van der Waals surface area contributed by atoms with E-state index >= 15 is 0 Å². The second-order valence-electron chi connectivity index (χ2n) is 5.91. The van der Waals surface area contributed by atoms with Crippen molar-refractivity contribution in [1.82, 2.24) is 10.6 Å². The summed E-state index contributed by atoms with van der Waals surface area (Å²) >= 11 is 0. The third-order valence-corrected chi connectivity index (χ3v) is 3.65. The maximum absolute atomic E-state index is 12.9. The first kappa shape index (κ1) is 17.7. The Morgan fingerprint density at radius 3 is 2.21 bits per heavy atom. The van der Waals surface area contributed by atoms with Crippen molar-refractivity contribution in [2.75, 3.05) is 0 Å². The van der Waals surface area contributed by atoms with Crippen molar-refractivity contribution >= 4 is 11.8 Å². The lowest BCUT2D eigenvalue weighted by Gasteiger charge is -2.21. The quantitative estimate of drug-likeness (QED) is 0.856. The van der Waals surface area contributed by atoms with Crippen LogP contribution in [0.1, 0.15) is 29.8 Å². The number of hydrogen-bond acceptors (Lipinski definition) is 2. The summed E-state index contributed by atoms with van der Waals surface area (Å²) in [4.78, 5) is 24.6. The van der Waals surface area contributed by atoms with Crippen LogP contribution in [0.5, 0.6) is 0 Å². The SMILES string of the molecule is CC(C)[C@H](NC(=O)c1ccc(F)cc1)C(=O)NCc1ccccc1. The molecule has 5 heteroatoms. The molecular weight excluding hydrogens is 307 g/mol. The van der Waals surface area contributed by atoms with Gasteiger partial charge in [-0.25, -0.2) is 4.39 Å². The lowest BCUT2D eigenvalue weighted by atomic mass is 10.0. The van der Waals surface area contributed by atoms with Crippen LogP contribution in [-0.4, -0.2) is 17.9 Å². The van der Waals surface area contributed by atoms with Gasteiger partial charge in [0.15, 0.2) is 0 Å². The van der Waals surface area contributed by atoms with Gasteiger partial charge >= 0.3 is 0 Å². The van der Waals surface area contributed by atoms with Gasteiger partial charge in [0, 0.05) is 12.1 Å². The third kappa shape index (κ3) is 4.91. The monoisotopic (exact) mass is 328 g/mol. The van der Waals surface area contributed by atoms with E-state index in [1.54, 1.807) is 0 Å². The Morgan fingerprint density at radius 2 is 1.62 bits per heavy atom. The van der Waals surface area contributed by atoms with E-state index in [0.717, 1.165) is 5.56 Å². The molecule has 2 aromatic rings. The van der Waals surface area contributed by atoms with Gasteiger partial charge in [-0.05, 0) is 35.7 Å². The van der Waals surface area contributed by atoms with Gasteiger partial charge in [0.05, 0.1) is 0 Å². The Balaban J connectivity index is 1.99. The summed E-state index contributed by atoms with van der Waals surface area (Å²) in [6, 6.07) is 14.1. The van der Waals surface area contributed by atoms with E-state index in [4.69, 9.17) is 0 Å². The highest BCUT2D eigenvalue weighted by molar-refractivity contribution is 5.97. The van der Waals surface area contributed by atoms with Crippen molar-refractivity contribution in [2.45, 2.75) is 26.4 Å². The largest absolute Gasteiger partial charge is 0.350 e. The van der Waals surface area contributed by atoms with Crippen molar-refractivity contribution in [3.05, 3.63) is 71.5 Å². The van der Waals surface area contributed by atoms with Gasteiger partial charge < -0.3 is 10.6 Å². The van der Waals surface area contributed by atoms with E-state index in [0.29, 0.717) is 12.1 Å². The summed E-state index contributed by atoms with van der Waals surface area (Å²) in [5, 5.41) is 5.55. The summed E-state index contributed by atoms with van der Waals surface area (Å²) in [6.45, 7) is 4.12. The first-order valence-corrected chi connectivity index (χ1v) is 7.85. The van der Waals surface area contributed by atoms with Gasteiger partial charge in [0.25, 0.3) is 5.91 Å². The van der Waals surface area contributed by atoms with E-state index in [-0.39, 0.29) is 11.8 Å². The van der Waals surface area contributed by atoms with Gasteiger partial charge in [0.2, 0.25) is 5.91 Å². The molecular formula is C19H21FN2O2. The van der Waals surface area contributed by atoms with Crippen LogP contribution < -0.4 is 10.6 Å². The summed E-state index contributed by atoms with van der Waals surface area (Å²) in [6.07, 6.45) is 0. The molecule has 0 aliphatic carbocycles. The third-order valence-electron chi connectivity index (χ3n) is 3.65. The number of nitrogens with one attached hydrogen (secondary N) is 2. The molecule has 0 radical (unpaired) electrons. The zero-order chi connectivity index (χ0) is 17.5. The number of rotatable bonds is 6. The van der Waals surface area contributed by atoms with Crippen LogP contribution in [0.4, 0.5) is 4.39 Å². The number of amides is 2. The Kier molecular flexibility index (Phi) is 6.07. The van der Waals surface area contributed by atoms with Gasteiger partial charge in [-0.2, -0.15) is 0 Å². The summed E-state index contributed by atoms with van der Waals surface area (Å²) in [7, 11) is 0. The fourth-order valence-electron chi connectivity index (χ4n) is 2.26. The Morgan fingerprint density at radius 1 is 1.00 bits per heavy atom. The normalized spacial score (nSPS) is 11.8. The highest BCUT2D eigenvalue weighted by Crippen LogP contribution is 2.07. The van der Waals surface area contributed by atoms with Crippen molar-refractivity contribution in [2.24, 2.45) is 5.92 Å². The minimum absolute atomic E-state index is 0.0785. The highest BCUT2D eigenvalue weighted by Gasteiger charge is 2.24.